The Bertz CT molecular complexity index is 409. The molecule has 0 N–H and O–H groups in total. The number of halogens is 1. The third-order valence-corrected chi connectivity index (χ3v) is 3.13. The van der Waals surface area contributed by atoms with Gasteiger partial charge in [-0.1, -0.05) is 23.8 Å². The van der Waals surface area contributed by atoms with Crippen molar-refractivity contribution in [3.05, 3.63) is 40.4 Å². The number of benzene rings is 1. The van der Waals surface area contributed by atoms with Crippen LogP contribution in [0.25, 0.3) is 6.08 Å². The van der Waals surface area contributed by atoms with E-state index in [-0.39, 0.29) is 6.29 Å². The lowest BCUT2D eigenvalue weighted by Gasteiger charge is -2.22. The monoisotopic (exact) mass is 266 g/mol. The summed E-state index contributed by atoms with van der Waals surface area (Å²) in [7, 11) is 0. The van der Waals surface area contributed by atoms with Gasteiger partial charge in [0.1, 0.15) is 0 Å². The first-order valence-corrected chi connectivity index (χ1v) is 6.81. The van der Waals surface area contributed by atoms with Crippen molar-refractivity contribution in [1.82, 2.24) is 0 Å². The molecule has 0 amide bonds. The predicted octanol–water partition coefficient (Wildman–Crippen LogP) is 4.42. The van der Waals surface area contributed by atoms with Gasteiger partial charge in [0, 0.05) is 11.6 Å². The van der Waals surface area contributed by atoms with Crippen LogP contribution in [0, 0.1) is 0 Å². The highest BCUT2D eigenvalue weighted by atomic mass is 35.5. The van der Waals surface area contributed by atoms with Crippen molar-refractivity contribution in [2.24, 2.45) is 0 Å². The Morgan fingerprint density at radius 3 is 3.00 bits per heavy atom. The maximum atomic E-state index is 6.09. The Morgan fingerprint density at radius 2 is 2.28 bits per heavy atom. The molecule has 1 aromatic rings. The van der Waals surface area contributed by atoms with E-state index in [1.165, 1.54) is 6.42 Å². The summed E-state index contributed by atoms with van der Waals surface area (Å²) in [6.45, 7) is 3.35. The summed E-state index contributed by atoms with van der Waals surface area (Å²) in [4.78, 5) is 0. The molecule has 0 aromatic heterocycles. The Balaban J connectivity index is 1.95. The van der Waals surface area contributed by atoms with E-state index in [0.29, 0.717) is 6.61 Å². The predicted molar refractivity (Wildman–Crippen MR) is 74.5 cm³/mol. The van der Waals surface area contributed by atoms with E-state index in [9.17, 15) is 0 Å². The average Bonchev–Trinajstić information content (AvgIpc) is 2.37. The van der Waals surface area contributed by atoms with E-state index in [1.54, 1.807) is 0 Å². The molecule has 1 fully saturated rings. The van der Waals surface area contributed by atoms with Gasteiger partial charge in [0.2, 0.25) is 0 Å². The van der Waals surface area contributed by atoms with E-state index in [2.05, 4.69) is 6.07 Å². The zero-order valence-electron chi connectivity index (χ0n) is 10.7. The smallest absolute Gasteiger partial charge is 0.158 e. The van der Waals surface area contributed by atoms with E-state index in [1.807, 2.05) is 31.2 Å². The molecule has 1 aliphatic rings. The first kappa shape index (κ1) is 13.6. The first-order valence-electron chi connectivity index (χ1n) is 6.43. The lowest BCUT2D eigenvalue weighted by Crippen LogP contribution is -2.22. The van der Waals surface area contributed by atoms with Crippen molar-refractivity contribution < 1.29 is 9.47 Å². The molecule has 1 aromatic carbocycles. The second-order valence-electron chi connectivity index (χ2n) is 4.50. The maximum absolute atomic E-state index is 6.09. The Labute approximate surface area is 114 Å². The van der Waals surface area contributed by atoms with E-state index in [4.69, 9.17) is 21.1 Å². The summed E-state index contributed by atoms with van der Waals surface area (Å²) < 4.78 is 11.3. The number of hydrogen-bond donors (Lipinski definition) is 0. The molecule has 0 radical (unpaired) electrons. The van der Waals surface area contributed by atoms with Crippen molar-refractivity contribution >= 4 is 17.7 Å². The molecule has 1 heterocycles. The Hall–Kier alpha value is -0.830. The van der Waals surface area contributed by atoms with Crippen LogP contribution in [-0.4, -0.2) is 12.9 Å². The van der Waals surface area contributed by atoms with Crippen LogP contribution in [0.15, 0.2) is 24.3 Å². The van der Waals surface area contributed by atoms with Gasteiger partial charge in [-0.15, -0.1) is 0 Å². The SMILES string of the molecule is CC=Cc1cc(Cl)cc(COC2CCCCO2)c1. The highest BCUT2D eigenvalue weighted by molar-refractivity contribution is 6.30. The Kier molecular flexibility index (Phi) is 5.24. The van der Waals surface area contributed by atoms with Gasteiger partial charge < -0.3 is 9.47 Å². The summed E-state index contributed by atoms with van der Waals surface area (Å²) >= 11 is 6.09. The Morgan fingerprint density at radius 1 is 1.39 bits per heavy atom. The zero-order valence-corrected chi connectivity index (χ0v) is 11.5. The first-order chi connectivity index (χ1) is 8.78. The molecule has 1 saturated heterocycles. The molecule has 98 valence electrons. The molecule has 1 atom stereocenters. The minimum atomic E-state index is -0.0529. The van der Waals surface area contributed by atoms with Gasteiger partial charge in [-0.3, -0.25) is 0 Å². The molecule has 1 unspecified atom stereocenters. The molecular weight excluding hydrogens is 248 g/mol. The lowest BCUT2D eigenvalue weighted by atomic mass is 10.1. The van der Waals surface area contributed by atoms with Gasteiger partial charge in [0.05, 0.1) is 6.61 Å². The molecule has 0 aliphatic carbocycles. The minimum absolute atomic E-state index is 0.0529. The number of hydrogen-bond acceptors (Lipinski definition) is 2. The van der Waals surface area contributed by atoms with Crippen LogP contribution in [0.5, 0.6) is 0 Å². The van der Waals surface area contributed by atoms with E-state index in [0.717, 1.165) is 35.6 Å². The van der Waals surface area contributed by atoms with Crippen LogP contribution >= 0.6 is 11.6 Å². The van der Waals surface area contributed by atoms with Crippen LogP contribution in [0.4, 0.5) is 0 Å². The number of allylic oxidation sites excluding steroid dienone is 1. The van der Waals surface area contributed by atoms with E-state index < -0.39 is 0 Å². The van der Waals surface area contributed by atoms with Crippen LogP contribution in [0.1, 0.15) is 37.3 Å². The highest BCUT2D eigenvalue weighted by Crippen LogP contribution is 2.19. The molecule has 0 spiro atoms. The molecule has 18 heavy (non-hydrogen) atoms. The normalized spacial score (nSPS) is 20.4. The summed E-state index contributed by atoms with van der Waals surface area (Å²) in [5.41, 5.74) is 2.19. The van der Waals surface area contributed by atoms with Gasteiger partial charge >= 0.3 is 0 Å². The van der Waals surface area contributed by atoms with Gasteiger partial charge in [-0.25, -0.2) is 0 Å². The number of rotatable bonds is 4. The van der Waals surface area contributed by atoms with Crippen molar-refractivity contribution in [3.63, 3.8) is 0 Å². The molecule has 0 bridgehead atoms. The fourth-order valence-corrected chi connectivity index (χ4v) is 2.35. The minimum Gasteiger partial charge on any atom is -0.353 e. The summed E-state index contributed by atoms with van der Waals surface area (Å²) in [6.07, 6.45) is 7.30. The highest BCUT2D eigenvalue weighted by Gasteiger charge is 2.14. The van der Waals surface area contributed by atoms with Gasteiger partial charge in [-0.2, -0.15) is 0 Å². The molecule has 1 aliphatic heterocycles. The quantitative estimate of drug-likeness (QED) is 0.803. The largest absolute Gasteiger partial charge is 0.353 e. The fourth-order valence-electron chi connectivity index (χ4n) is 2.08. The molecule has 3 heteroatoms. The van der Waals surface area contributed by atoms with Crippen LogP contribution in [0.2, 0.25) is 5.02 Å². The van der Waals surface area contributed by atoms with Crippen LogP contribution < -0.4 is 0 Å². The van der Waals surface area contributed by atoms with Crippen LogP contribution in [-0.2, 0) is 16.1 Å². The summed E-state index contributed by atoms with van der Waals surface area (Å²) in [5, 5.41) is 0.744. The van der Waals surface area contributed by atoms with Crippen molar-refractivity contribution in [2.75, 3.05) is 6.61 Å². The van der Waals surface area contributed by atoms with Crippen LogP contribution in [0.3, 0.4) is 0 Å². The molecule has 2 nitrogen and oxygen atoms in total. The topological polar surface area (TPSA) is 18.5 Å². The van der Waals surface area contributed by atoms with Crippen molar-refractivity contribution in [3.8, 4) is 0 Å². The lowest BCUT2D eigenvalue weighted by molar-refractivity contribution is -0.168. The summed E-state index contributed by atoms with van der Waals surface area (Å²) in [6, 6.07) is 5.98. The van der Waals surface area contributed by atoms with Crippen molar-refractivity contribution in [1.29, 1.82) is 0 Å². The van der Waals surface area contributed by atoms with Gasteiger partial charge in [-0.05, 0) is 55.5 Å². The van der Waals surface area contributed by atoms with E-state index >= 15 is 0 Å². The molecule has 0 saturated carbocycles. The van der Waals surface area contributed by atoms with Gasteiger partial charge in [0.15, 0.2) is 6.29 Å². The molecular formula is C15H19ClO2. The average molecular weight is 267 g/mol. The second kappa shape index (κ2) is 6.93. The fraction of sp³-hybridized carbons (Fsp3) is 0.467. The summed E-state index contributed by atoms with van der Waals surface area (Å²) in [5.74, 6) is 0. The zero-order chi connectivity index (χ0) is 12.8. The number of ether oxygens (including phenoxy) is 2. The second-order valence-corrected chi connectivity index (χ2v) is 4.94. The maximum Gasteiger partial charge on any atom is 0.158 e. The third-order valence-electron chi connectivity index (χ3n) is 2.91. The van der Waals surface area contributed by atoms with Gasteiger partial charge in [0.25, 0.3) is 0 Å². The molecule has 2 rings (SSSR count). The standard InChI is InChI=1S/C15H19ClO2/c1-2-5-12-8-13(10-14(16)9-12)11-18-15-6-3-4-7-17-15/h2,5,8-10,15H,3-4,6-7,11H2,1H3. The van der Waals surface area contributed by atoms with Crippen molar-refractivity contribution in [2.45, 2.75) is 39.1 Å². The third kappa shape index (κ3) is 4.13.